The second kappa shape index (κ2) is 28.7. The van der Waals surface area contributed by atoms with E-state index in [0.29, 0.717) is 0 Å². The van der Waals surface area contributed by atoms with Crippen LogP contribution in [0.5, 0.6) is 0 Å². The second-order valence-corrected chi connectivity index (χ2v) is 9.65. The molecule has 0 fully saturated rings. The summed E-state index contributed by atoms with van der Waals surface area (Å²) in [5.74, 6) is 0. The molecule has 0 aliphatic heterocycles. The molecule has 0 nitrogen and oxygen atoms in total. The first kappa shape index (κ1) is 29.7. The van der Waals surface area contributed by atoms with Crippen molar-refractivity contribution in [1.29, 1.82) is 0 Å². The van der Waals surface area contributed by atoms with Gasteiger partial charge >= 0.3 is 0 Å². The van der Waals surface area contributed by atoms with Gasteiger partial charge in [0.05, 0.1) is 0 Å². The predicted molar refractivity (Wildman–Crippen MR) is 140 cm³/mol. The highest BCUT2D eigenvalue weighted by Gasteiger charge is 1.96. The number of allylic oxidation sites excluding steroid dienone is 2. The monoisotopic (exact) mass is 419 g/mol. The van der Waals surface area contributed by atoms with E-state index in [9.17, 15) is 0 Å². The molecule has 0 aromatic carbocycles. The Morgan fingerprint density at radius 1 is 0.367 bits per heavy atom. The molecule has 0 spiro atoms. The third-order valence-electron chi connectivity index (χ3n) is 6.52. The summed E-state index contributed by atoms with van der Waals surface area (Å²) >= 11 is 0. The van der Waals surface area contributed by atoms with E-state index >= 15 is 0 Å². The largest absolute Gasteiger partial charge is 0.0888 e. The van der Waals surface area contributed by atoms with Crippen molar-refractivity contribution in [3.63, 3.8) is 0 Å². The Morgan fingerprint density at radius 2 is 0.633 bits per heavy atom. The van der Waals surface area contributed by atoms with Crippen molar-refractivity contribution < 1.29 is 0 Å². The van der Waals surface area contributed by atoms with Crippen molar-refractivity contribution in [2.45, 2.75) is 174 Å². The molecule has 30 heavy (non-hydrogen) atoms. The molecule has 0 N–H and O–H groups in total. The van der Waals surface area contributed by atoms with E-state index in [-0.39, 0.29) is 0 Å². The normalized spacial score (nSPS) is 11.7. The SMILES string of the molecule is [CH2]CCCCCCCCCCCCCCCCCCCCCCCCC/C=C/CC. The summed E-state index contributed by atoms with van der Waals surface area (Å²) in [5.41, 5.74) is 0. The maximum atomic E-state index is 3.92. The molecule has 0 atom stereocenters. The van der Waals surface area contributed by atoms with E-state index in [4.69, 9.17) is 0 Å². The fourth-order valence-electron chi connectivity index (χ4n) is 4.44. The molecule has 0 aromatic heterocycles. The van der Waals surface area contributed by atoms with Gasteiger partial charge in [0.1, 0.15) is 0 Å². The summed E-state index contributed by atoms with van der Waals surface area (Å²) < 4.78 is 0. The van der Waals surface area contributed by atoms with Crippen LogP contribution < -0.4 is 0 Å². The van der Waals surface area contributed by atoms with Crippen LogP contribution in [0.25, 0.3) is 0 Å². The Hall–Kier alpha value is -0.260. The van der Waals surface area contributed by atoms with E-state index in [0.717, 1.165) is 6.42 Å². The average molecular weight is 420 g/mol. The molecule has 0 rings (SSSR count). The predicted octanol–water partition coefficient (Wildman–Crippen LogP) is 11.5. The van der Waals surface area contributed by atoms with Crippen molar-refractivity contribution in [1.82, 2.24) is 0 Å². The molecular formula is C30H59. The molecule has 0 unspecified atom stereocenters. The fraction of sp³-hybridized carbons (Fsp3) is 0.900. The number of hydrogen-bond donors (Lipinski definition) is 0. The summed E-state index contributed by atoms with van der Waals surface area (Å²) in [5, 5.41) is 0. The highest BCUT2D eigenvalue weighted by Crippen LogP contribution is 2.15. The van der Waals surface area contributed by atoms with Gasteiger partial charge < -0.3 is 0 Å². The van der Waals surface area contributed by atoms with Crippen molar-refractivity contribution >= 4 is 0 Å². The van der Waals surface area contributed by atoms with Gasteiger partial charge in [0.2, 0.25) is 0 Å². The molecule has 0 aliphatic rings. The van der Waals surface area contributed by atoms with Gasteiger partial charge in [0.15, 0.2) is 0 Å². The third-order valence-corrected chi connectivity index (χ3v) is 6.52. The summed E-state index contributed by atoms with van der Waals surface area (Å²) in [6, 6.07) is 0. The topological polar surface area (TPSA) is 0 Å². The minimum absolute atomic E-state index is 1.12. The molecule has 0 amide bonds. The molecule has 0 saturated carbocycles. The van der Waals surface area contributed by atoms with Gasteiger partial charge in [-0.25, -0.2) is 0 Å². The van der Waals surface area contributed by atoms with Crippen LogP contribution in [0.2, 0.25) is 0 Å². The summed E-state index contributed by atoms with van der Waals surface area (Å²) in [6.07, 6.45) is 41.9. The van der Waals surface area contributed by atoms with Crippen molar-refractivity contribution in [2.24, 2.45) is 0 Å². The summed E-state index contributed by atoms with van der Waals surface area (Å²) in [6.45, 7) is 6.13. The van der Waals surface area contributed by atoms with E-state index in [1.54, 1.807) is 0 Å². The lowest BCUT2D eigenvalue weighted by Crippen LogP contribution is -1.84. The highest BCUT2D eigenvalue weighted by molar-refractivity contribution is 4.79. The van der Waals surface area contributed by atoms with Gasteiger partial charge in [-0.3, -0.25) is 0 Å². The van der Waals surface area contributed by atoms with E-state index < -0.39 is 0 Å². The van der Waals surface area contributed by atoms with Crippen LogP contribution in [-0.2, 0) is 0 Å². The van der Waals surface area contributed by atoms with E-state index in [1.165, 1.54) is 161 Å². The van der Waals surface area contributed by atoms with Gasteiger partial charge in [-0.1, -0.05) is 174 Å². The zero-order valence-corrected chi connectivity index (χ0v) is 21.2. The average Bonchev–Trinajstić information content (AvgIpc) is 2.76. The molecular weight excluding hydrogens is 360 g/mol. The first-order valence-electron chi connectivity index (χ1n) is 14.4. The lowest BCUT2D eigenvalue weighted by molar-refractivity contribution is 0.517. The van der Waals surface area contributed by atoms with Gasteiger partial charge in [-0.2, -0.15) is 0 Å². The zero-order chi connectivity index (χ0) is 21.8. The van der Waals surface area contributed by atoms with Crippen LogP contribution in [0.3, 0.4) is 0 Å². The van der Waals surface area contributed by atoms with E-state index in [1.807, 2.05) is 0 Å². The summed E-state index contributed by atoms with van der Waals surface area (Å²) in [4.78, 5) is 0. The zero-order valence-electron chi connectivity index (χ0n) is 21.2. The molecule has 0 aromatic rings. The molecule has 0 aliphatic carbocycles. The maximum absolute atomic E-state index is 3.92. The van der Waals surface area contributed by atoms with Gasteiger partial charge in [0, 0.05) is 0 Å². The Balaban J connectivity index is 2.99. The van der Waals surface area contributed by atoms with Crippen LogP contribution in [0, 0.1) is 6.92 Å². The van der Waals surface area contributed by atoms with Gasteiger partial charge in [-0.05, 0) is 19.3 Å². The first-order chi connectivity index (χ1) is 14.9. The smallest absolute Gasteiger partial charge is 0.0351 e. The molecule has 0 saturated heterocycles. The van der Waals surface area contributed by atoms with Crippen LogP contribution in [0.4, 0.5) is 0 Å². The Bertz CT molecular complexity index is 303. The first-order valence-corrected chi connectivity index (χ1v) is 14.4. The molecule has 0 bridgehead atoms. The lowest BCUT2D eigenvalue weighted by atomic mass is 10.0. The van der Waals surface area contributed by atoms with Gasteiger partial charge in [-0.15, -0.1) is 0 Å². The van der Waals surface area contributed by atoms with E-state index in [2.05, 4.69) is 26.0 Å². The summed E-state index contributed by atoms with van der Waals surface area (Å²) in [7, 11) is 0. The standard InChI is InChI=1S/C30H59/c1-3-5-7-9-11-13-15-17-19-21-23-25-27-29-30-28-26-24-22-20-18-16-14-12-10-8-6-4-2/h6,8H,1,3-5,7,9-30H2,2H3/b8-6+. The van der Waals surface area contributed by atoms with Crippen LogP contribution in [0.15, 0.2) is 12.2 Å². The quantitative estimate of drug-likeness (QED) is 0.0965. The van der Waals surface area contributed by atoms with Gasteiger partial charge in [0.25, 0.3) is 0 Å². The van der Waals surface area contributed by atoms with Crippen molar-refractivity contribution in [3.8, 4) is 0 Å². The molecule has 179 valence electrons. The number of hydrogen-bond acceptors (Lipinski definition) is 0. The van der Waals surface area contributed by atoms with Crippen LogP contribution >= 0.6 is 0 Å². The maximum Gasteiger partial charge on any atom is -0.0351 e. The molecule has 1 radical (unpaired) electrons. The van der Waals surface area contributed by atoms with Crippen LogP contribution in [0.1, 0.15) is 174 Å². The third kappa shape index (κ3) is 27.7. The Kier molecular flexibility index (Phi) is 28.5. The Morgan fingerprint density at radius 3 is 0.900 bits per heavy atom. The van der Waals surface area contributed by atoms with Crippen molar-refractivity contribution in [2.75, 3.05) is 0 Å². The molecule has 0 heteroatoms. The Labute approximate surface area is 193 Å². The van der Waals surface area contributed by atoms with Crippen LogP contribution in [-0.4, -0.2) is 0 Å². The minimum Gasteiger partial charge on any atom is -0.0888 e. The number of unbranched alkanes of at least 4 members (excludes halogenated alkanes) is 24. The fourth-order valence-corrected chi connectivity index (χ4v) is 4.44. The lowest BCUT2D eigenvalue weighted by Gasteiger charge is -2.04. The number of rotatable bonds is 26. The highest BCUT2D eigenvalue weighted by atomic mass is 14.0. The minimum atomic E-state index is 1.12. The molecule has 0 heterocycles. The van der Waals surface area contributed by atoms with Crippen molar-refractivity contribution in [3.05, 3.63) is 19.1 Å². The second-order valence-electron chi connectivity index (χ2n) is 9.65.